The van der Waals surface area contributed by atoms with Crippen LogP contribution in [0.15, 0.2) is 39.9 Å². The van der Waals surface area contributed by atoms with E-state index in [1.54, 1.807) is 13.3 Å². The number of nitrogens with one attached hydrogen (secondary N) is 2. The normalized spacial score (nSPS) is 11.1. The Balaban J connectivity index is 0.00000338. The lowest BCUT2D eigenvalue weighted by atomic mass is 10.1. The van der Waals surface area contributed by atoms with Gasteiger partial charge in [0.1, 0.15) is 6.26 Å². The van der Waals surface area contributed by atoms with Gasteiger partial charge in [-0.2, -0.15) is 0 Å². The molecule has 2 rings (SSSR count). The molecule has 0 spiro atoms. The smallest absolute Gasteiger partial charge is 0.226 e. The number of ether oxygens (including phenoxy) is 1. The highest BCUT2D eigenvalue weighted by atomic mass is 127. The summed E-state index contributed by atoms with van der Waals surface area (Å²) in [7, 11) is 1.74. The fraction of sp³-hybridized carbons (Fsp3) is 0.474. The molecule has 7 heteroatoms. The zero-order chi connectivity index (χ0) is 17.9. The predicted molar refractivity (Wildman–Crippen MR) is 116 cm³/mol. The molecule has 0 amide bonds. The Kier molecular flexibility index (Phi) is 11.0. The maximum Gasteiger partial charge on any atom is 0.226 e. The van der Waals surface area contributed by atoms with Crippen LogP contribution >= 0.6 is 24.0 Å². The number of aromatic nitrogens is 1. The first-order valence-corrected chi connectivity index (χ1v) is 8.76. The van der Waals surface area contributed by atoms with Crippen LogP contribution in [0, 0.1) is 6.92 Å². The van der Waals surface area contributed by atoms with Crippen LogP contribution in [0.3, 0.4) is 0 Å². The minimum absolute atomic E-state index is 0. The first-order valence-electron chi connectivity index (χ1n) is 8.76. The third kappa shape index (κ3) is 7.74. The summed E-state index contributed by atoms with van der Waals surface area (Å²) >= 11 is 0. The van der Waals surface area contributed by atoms with E-state index in [0.29, 0.717) is 19.0 Å². The second kappa shape index (κ2) is 12.7. The average molecular weight is 472 g/mol. The summed E-state index contributed by atoms with van der Waals surface area (Å²) in [6.07, 6.45) is 3.92. The molecule has 2 N–H and O–H groups in total. The Hall–Kier alpha value is -1.61. The van der Waals surface area contributed by atoms with Gasteiger partial charge in [0.15, 0.2) is 5.96 Å². The Morgan fingerprint density at radius 1 is 1.19 bits per heavy atom. The molecule has 0 aliphatic carbocycles. The number of rotatable bonds is 9. The zero-order valence-corrected chi connectivity index (χ0v) is 18.1. The van der Waals surface area contributed by atoms with Crippen LogP contribution in [0.25, 0.3) is 11.5 Å². The third-order valence-electron chi connectivity index (χ3n) is 3.69. The molecular formula is C19H29IN4O2. The first-order chi connectivity index (χ1) is 12.2. The summed E-state index contributed by atoms with van der Waals surface area (Å²) in [5, 5.41) is 6.44. The van der Waals surface area contributed by atoms with Crippen molar-refractivity contribution < 1.29 is 9.15 Å². The number of unbranched alkanes of at least 4 members (excludes halogenated alkanes) is 1. The highest BCUT2D eigenvalue weighted by Gasteiger charge is 2.07. The molecule has 144 valence electrons. The quantitative estimate of drug-likeness (QED) is 0.252. The summed E-state index contributed by atoms with van der Waals surface area (Å²) < 4.78 is 11.1. The number of nitrogens with zero attached hydrogens (tertiary/aromatic N) is 2. The van der Waals surface area contributed by atoms with Crippen molar-refractivity contribution in [3.8, 4) is 11.5 Å². The Bertz CT molecular complexity index is 656. The first kappa shape index (κ1) is 22.4. The van der Waals surface area contributed by atoms with E-state index in [2.05, 4.69) is 34.5 Å². The fourth-order valence-electron chi connectivity index (χ4n) is 2.20. The Labute approximate surface area is 172 Å². The summed E-state index contributed by atoms with van der Waals surface area (Å²) in [5.74, 6) is 1.35. The summed E-state index contributed by atoms with van der Waals surface area (Å²) in [6.45, 7) is 6.96. The number of guanidine groups is 1. The molecule has 1 heterocycles. The molecule has 0 saturated carbocycles. The van der Waals surface area contributed by atoms with Crippen LogP contribution in [-0.4, -0.2) is 37.7 Å². The minimum atomic E-state index is 0. The molecule has 0 aliphatic heterocycles. The van der Waals surface area contributed by atoms with E-state index in [9.17, 15) is 0 Å². The second-order valence-electron chi connectivity index (χ2n) is 5.83. The SMILES string of the molecule is CCCCOCCNC(=NC)NCc1coc(-c2ccc(C)cc2)n1.I. The van der Waals surface area contributed by atoms with Crippen LogP contribution in [-0.2, 0) is 11.3 Å². The van der Waals surface area contributed by atoms with Gasteiger partial charge in [-0.3, -0.25) is 4.99 Å². The van der Waals surface area contributed by atoms with E-state index in [-0.39, 0.29) is 24.0 Å². The van der Waals surface area contributed by atoms with Crippen molar-refractivity contribution >= 4 is 29.9 Å². The van der Waals surface area contributed by atoms with Crippen LogP contribution < -0.4 is 10.6 Å². The molecule has 2 aromatic rings. The molecule has 0 atom stereocenters. The van der Waals surface area contributed by atoms with E-state index >= 15 is 0 Å². The summed E-state index contributed by atoms with van der Waals surface area (Å²) in [4.78, 5) is 8.70. The molecule has 0 unspecified atom stereocenters. The van der Waals surface area contributed by atoms with E-state index < -0.39 is 0 Å². The molecule has 26 heavy (non-hydrogen) atoms. The molecule has 0 fully saturated rings. The molecular weight excluding hydrogens is 443 g/mol. The largest absolute Gasteiger partial charge is 0.444 e. The van der Waals surface area contributed by atoms with Gasteiger partial charge >= 0.3 is 0 Å². The van der Waals surface area contributed by atoms with Crippen LogP contribution in [0.1, 0.15) is 31.0 Å². The highest BCUT2D eigenvalue weighted by molar-refractivity contribution is 14.0. The zero-order valence-electron chi connectivity index (χ0n) is 15.7. The Morgan fingerprint density at radius 2 is 1.96 bits per heavy atom. The van der Waals surface area contributed by atoms with Gasteiger partial charge in [0.05, 0.1) is 18.8 Å². The van der Waals surface area contributed by atoms with Crippen molar-refractivity contribution in [2.45, 2.75) is 33.2 Å². The van der Waals surface area contributed by atoms with E-state index in [0.717, 1.165) is 43.2 Å². The number of oxazole rings is 1. The maximum absolute atomic E-state index is 5.56. The maximum atomic E-state index is 5.56. The average Bonchev–Trinajstić information content (AvgIpc) is 3.10. The third-order valence-corrected chi connectivity index (χ3v) is 3.69. The summed E-state index contributed by atoms with van der Waals surface area (Å²) in [6, 6.07) is 8.12. The van der Waals surface area contributed by atoms with Crippen molar-refractivity contribution in [1.29, 1.82) is 0 Å². The van der Waals surface area contributed by atoms with Gasteiger partial charge in [-0.15, -0.1) is 24.0 Å². The van der Waals surface area contributed by atoms with Crippen molar-refractivity contribution in [3.05, 3.63) is 41.8 Å². The Morgan fingerprint density at radius 3 is 2.65 bits per heavy atom. The van der Waals surface area contributed by atoms with Gasteiger partial charge in [0.25, 0.3) is 0 Å². The van der Waals surface area contributed by atoms with Gasteiger partial charge in [-0.05, 0) is 25.5 Å². The molecule has 0 radical (unpaired) electrons. The van der Waals surface area contributed by atoms with Gasteiger partial charge in [-0.1, -0.05) is 31.0 Å². The van der Waals surface area contributed by atoms with E-state index in [4.69, 9.17) is 9.15 Å². The highest BCUT2D eigenvalue weighted by Crippen LogP contribution is 2.18. The minimum Gasteiger partial charge on any atom is -0.444 e. The number of hydrogen-bond acceptors (Lipinski definition) is 4. The number of hydrogen-bond donors (Lipinski definition) is 2. The van der Waals surface area contributed by atoms with E-state index in [1.165, 1.54) is 5.56 Å². The fourth-order valence-corrected chi connectivity index (χ4v) is 2.20. The van der Waals surface area contributed by atoms with Gasteiger partial charge in [0.2, 0.25) is 5.89 Å². The molecule has 1 aromatic carbocycles. The van der Waals surface area contributed by atoms with Crippen molar-refractivity contribution in [3.63, 3.8) is 0 Å². The predicted octanol–water partition coefficient (Wildman–Crippen LogP) is 3.75. The molecule has 6 nitrogen and oxygen atoms in total. The van der Waals surface area contributed by atoms with Crippen LogP contribution in [0.5, 0.6) is 0 Å². The van der Waals surface area contributed by atoms with Crippen LogP contribution in [0.2, 0.25) is 0 Å². The van der Waals surface area contributed by atoms with E-state index in [1.807, 2.05) is 24.3 Å². The van der Waals surface area contributed by atoms with Gasteiger partial charge in [-0.25, -0.2) is 4.98 Å². The molecule has 1 aromatic heterocycles. The number of halogens is 1. The number of aliphatic imine (C=N–C) groups is 1. The second-order valence-corrected chi connectivity index (χ2v) is 5.83. The lowest BCUT2D eigenvalue weighted by Crippen LogP contribution is -2.38. The monoisotopic (exact) mass is 472 g/mol. The van der Waals surface area contributed by atoms with Crippen molar-refractivity contribution in [2.75, 3.05) is 26.8 Å². The molecule has 0 saturated heterocycles. The van der Waals surface area contributed by atoms with Crippen molar-refractivity contribution in [2.24, 2.45) is 4.99 Å². The summed E-state index contributed by atoms with van der Waals surface area (Å²) in [5.41, 5.74) is 3.02. The number of benzene rings is 1. The lowest BCUT2D eigenvalue weighted by Gasteiger charge is -2.10. The molecule has 0 bridgehead atoms. The lowest BCUT2D eigenvalue weighted by molar-refractivity contribution is 0.136. The van der Waals surface area contributed by atoms with Crippen LogP contribution in [0.4, 0.5) is 0 Å². The molecule has 0 aliphatic rings. The topological polar surface area (TPSA) is 71.7 Å². The standard InChI is InChI=1S/C19H28N4O2.HI/c1-4-5-11-24-12-10-21-19(20-3)22-13-17-14-25-18(23-17)16-8-6-15(2)7-9-16;/h6-9,14H,4-5,10-13H2,1-3H3,(H2,20,21,22);1H. The van der Waals surface area contributed by atoms with Gasteiger partial charge < -0.3 is 19.8 Å². The van der Waals surface area contributed by atoms with Gasteiger partial charge in [0, 0.05) is 25.8 Å². The number of aryl methyl sites for hydroxylation is 1. The van der Waals surface area contributed by atoms with Crippen molar-refractivity contribution in [1.82, 2.24) is 15.6 Å².